The van der Waals surface area contributed by atoms with Crippen LogP contribution in [-0.2, 0) is 19.5 Å². The van der Waals surface area contributed by atoms with E-state index >= 15 is 0 Å². The molecule has 0 aliphatic heterocycles. The largest absolute Gasteiger partial charge is 0.306 e. The van der Waals surface area contributed by atoms with Crippen molar-refractivity contribution in [2.24, 2.45) is 0 Å². The number of aromatic nitrogens is 1. The number of hydrogen-bond donors (Lipinski definition) is 1. The van der Waals surface area contributed by atoms with Gasteiger partial charge < -0.3 is 5.32 Å². The van der Waals surface area contributed by atoms with Crippen LogP contribution in [-0.4, -0.2) is 4.98 Å². The van der Waals surface area contributed by atoms with Crippen LogP contribution in [0.15, 0.2) is 30.5 Å². The van der Waals surface area contributed by atoms with Crippen molar-refractivity contribution in [3.63, 3.8) is 0 Å². The van der Waals surface area contributed by atoms with E-state index in [1.54, 1.807) is 0 Å². The summed E-state index contributed by atoms with van der Waals surface area (Å²) in [5.74, 6) is 0. The van der Waals surface area contributed by atoms with Gasteiger partial charge in [-0.25, -0.2) is 0 Å². The molecule has 0 aliphatic carbocycles. The average Bonchev–Trinajstić information content (AvgIpc) is 2.80. The van der Waals surface area contributed by atoms with E-state index in [9.17, 15) is 0 Å². The molecule has 0 fully saturated rings. The van der Waals surface area contributed by atoms with Crippen LogP contribution in [0.1, 0.15) is 27.9 Å². The van der Waals surface area contributed by atoms with E-state index in [0.717, 1.165) is 25.2 Å². The van der Waals surface area contributed by atoms with Crippen LogP contribution < -0.4 is 5.32 Å². The highest BCUT2D eigenvalue weighted by Gasteiger charge is 2.00. The molecule has 0 saturated heterocycles. The van der Waals surface area contributed by atoms with Gasteiger partial charge in [-0.2, -0.15) is 0 Å². The number of rotatable bonds is 5. The third-order valence-corrected chi connectivity index (χ3v) is 4.00. The highest BCUT2D eigenvalue weighted by molar-refractivity contribution is 7.11. The van der Waals surface area contributed by atoms with Gasteiger partial charge in [0.2, 0.25) is 0 Å². The van der Waals surface area contributed by atoms with Gasteiger partial charge in [0.1, 0.15) is 0 Å². The Hall–Kier alpha value is -1.19. The van der Waals surface area contributed by atoms with Crippen LogP contribution in [0, 0.1) is 6.92 Å². The SMILES string of the molecule is CCc1ccc(CNCc2ncccc2C)s1. The van der Waals surface area contributed by atoms with E-state index in [1.807, 2.05) is 23.6 Å². The summed E-state index contributed by atoms with van der Waals surface area (Å²) in [5, 5.41) is 3.44. The number of thiophene rings is 1. The molecule has 1 N–H and O–H groups in total. The Balaban J connectivity index is 1.85. The second kappa shape index (κ2) is 5.94. The molecule has 0 aromatic carbocycles. The van der Waals surface area contributed by atoms with E-state index in [-0.39, 0.29) is 0 Å². The highest BCUT2D eigenvalue weighted by Crippen LogP contribution is 2.16. The summed E-state index contributed by atoms with van der Waals surface area (Å²) in [6.45, 7) is 6.07. The van der Waals surface area contributed by atoms with Gasteiger partial charge >= 0.3 is 0 Å². The molecule has 0 saturated carbocycles. The monoisotopic (exact) mass is 246 g/mol. The van der Waals surface area contributed by atoms with Gasteiger partial charge in [-0.15, -0.1) is 11.3 Å². The van der Waals surface area contributed by atoms with E-state index in [0.29, 0.717) is 0 Å². The molecule has 0 spiro atoms. The molecule has 90 valence electrons. The third-order valence-electron chi connectivity index (χ3n) is 2.78. The Labute approximate surface area is 107 Å². The van der Waals surface area contributed by atoms with E-state index in [2.05, 4.69) is 42.3 Å². The van der Waals surface area contributed by atoms with Gasteiger partial charge in [0.15, 0.2) is 0 Å². The molecule has 0 bridgehead atoms. The van der Waals surface area contributed by atoms with E-state index < -0.39 is 0 Å². The molecular formula is C14H18N2S. The quantitative estimate of drug-likeness (QED) is 0.875. The van der Waals surface area contributed by atoms with Gasteiger partial charge in [0.05, 0.1) is 5.69 Å². The molecule has 0 unspecified atom stereocenters. The summed E-state index contributed by atoms with van der Waals surface area (Å²) in [7, 11) is 0. The molecule has 0 atom stereocenters. The van der Waals surface area contributed by atoms with Crippen molar-refractivity contribution in [2.75, 3.05) is 0 Å². The number of hydrogen-bond acceptors (Lipinski definition) is 3. The van der Waals surface area contributed by atoms with Crippen molar-refractivity contribution in [3.05, 3.63) is 51.5 Å². The molecule has 2 heterocycles. The molecule has 3 heteroatoms. The zero-order chi connectivity index (χ0) is 12.1. The van der Waals surface area contributed by atoms with Gasteiger partial charge in [0, 0.05) is 29.0 Å². The van der Waals surface area contributed by atoms with Crippen LogP contribution in [0.2, 0.25) is 0 Å². The Bertz CT molecular complexity index is 477. The maximum atomic E-state index is 4.37. The number of aryl methyl sites for hydroxylation is 2. The highest BCUT2D eigenvalue weighted by atomic mass is 32.1. The second-order valence-corrected chi connectivity index (χ2v) is 5.35. The molecule has 2 aromatic heterocycles. The lowest BCUT2D eigenvalue weighted by Gasteiger charge is -2.05. The van der Waals surface area contributed by atoms with E-state index in [1.165, 1.54) is 15.3 Å². The number of nitrogens with zero attached hydrogens (tertiary/aromatic N) is 1. The first-order chi connectivity index (χ1) is 8.29. The van der Waals surface area contributed by atoms with Crippen LogP contribution in [0.25, 0.3) is 0 Å². The maximum Gasteiger partial charge on any atom is 0.0570 e. The normalized spacial score (nSPS) is 10.7. The summed E-state index contributed by atoms with van der Waals surface area (Å²) in [4.78, 5) is 7.22. The van der Waals surface area contributed by atoms with Crippen molar-refractivity contribution >= 4 is 11.3 Å². The smallest absolute Gasteiger partial charge is 0.0570 e. The summed E-state index contributed by atoms with van der Waals surface area (Å²) in [6.07, 6.45) is 2.98. The maximum absolute atomic E-state index is 4.37. The lowest BCUT2D eigenvalue weighted by Crippen LogP contribution is -2.13. The van der Waals surface area contributed by atoms with Crippen LogP contribution in [0.5, 0.6) is 0 Å². The lowest BCUT2D eigenvalue weighted by molar-refractivity contribution is 0.683. The van der Waals surface area contributed by atoms with Crippen molar-refractivity contribution in [1.29, 1.82) is 0 Å². The van der Waals surface area contributed by atoms with Gasteiger partial charge in [-0.05, 0) is 37.1 Å². The lowest BCUT2D eigenvalue weighted by atomic mass is 10.2. The minimum Gasteiger partial charge on any atom is -0.306 e. The first-order valence-electron chi connectivity index (χ1n) is 5.98. The zero-order valence-electron chi connectivity index (χ0n) is 10.4. The minimum atomic E-state index is 0.839. The molecule has 0 amide bonds. The zero-order valence-corrected chi connectivity index (χ0v) is 11.2. The Morgan fingerprint density at radius 3 is 2.71 bits per heavy atom. The van der Waals surface area contributed by atoms with Gasteiger partial charge in [0.25, 0.3) is 0 Å². The fourth-order valence-electron chi connectivity index (χ4n) is 1.71. The van der Waals surface area contributed by atoms with E-state index in [4.69, 9.17) is 0 Å². The first-order valence-corrected chi connectivity index (χ1v) is 6.80. The molecule has 2 nitrogen and oxygen atoms in total. The van der Waals surface area contributed by atoms with Crippen molar-refractivity contribution in [2.45, 2.75) is 33.4 Å². The number of pyridine rings is 1. The second-order valence-electron chi connectivity index (χ2n) is 4.09. The molecule has 2 rings (SSSR count). The topological polar surface area (TPSA) is 24.9 Å². The molecule has 0 radical (unpaired) electrons. The average molecular weight is 246 g/mol. The predicted octanol–water partition coefficient (Wildman–Crippen LogP) is 3.30. The van der Waals surface area contributed by atoms with Gasteiger partial charge in [-0.1, -0.05) is 13.0 Å². The fraction of sp³-hybridized carbons (Fsp3) is 0.357. The van der Waals surface area contributed by atoms with Crippen molar-refractivity contribution in [1.82, 2.24) is 10.3 Å². The summed E-state index contributed by atoms with van der Waals surface area (Å²) >= 11 is 1.89. The minimum absolute atomic E-state index is 0.839. The third kappa shape index (κ3) is 3.38. The summed E-state index contributed by atoms with van der Waals surface area (Å²) in [5.41, 5.74) is 2.39. The van der Waals surface area contributed by atoms with Crippen LogP contribution >= 0.6 is 11.3 Å². The predicted molar refractivity (Wildman–Crippen MR) is 73.2 cm³/mol. The Morgan fingerprint density at radius 1 is 1.18 bits per heavy atom. The Morgan fingerprint density at radius 2 is 2.00 bits per heavy atom. The van der Waals surface area contributed by atoms with Crippen molar-refractivity contribution in [3.8, 4) is 0 Å². The van der Waals surface area contributed by atoms with Gasteiger partial charge in [-0.3, -0.25) is 4.98 Å². The Kier molecular flexibility index (Phi) is 4.29. The van der Waals surface area contributed by atoms with Crippen LogP contribution in [0.4, 0.5) is 0 Å². The van der Waals surface area contributed by atoms with Crippen molar-refractivity contribution < 1.29 is 0 Å². The standard InChI is InChI=1S/C14H18N2S/c1-3-12-6-7-13(17-12)9-15-10-14-11(2)5-4-8-16-14/h4-8,15H,3,9-10H2,1-2H3. The molecule has 17 heavy (non-hydrogen) atoms. The van der Waals surface area contributed by atoms with Crippen LogP contribution in [0.3, 0.4) is 0 Å². The molecule has 0 aliphatic rings. The summed E-state index contributed by atoms with van der Waals surface area (Å²) in [6, 6.07) is 8.51. The number of nitrogens with one attached hydrogen (secondary N) is 1. The summed E-state index contributed by atoms with van der Waals surface area (Å²) < 4.78 is 0. The fourth-order valence-corrected chi connectivity index (χ4v) is 2.64. The first kappa shape index (κ1) is 12.3. The molecular weight excluding hydrogens is 228 g/mol. The molecule has 2 aromatic rings.